The Morgan fingerprint density at radius 3 is 2.18 bits per heavy atom. The molecular weight excluding hydrogens is 625 g/mol. The molecule has 238 valence electrons. The third-order valence-corrected chi connectivity index (χ3v) is 11.7. The average molecular weight is 659 g/mol. The molecule has 0 saturated carbocycles. The number of para-hydroxylation sites is 1. The second-order valence-corrected chi connectivity index (χ2v) is 14.6. The maximum Gasteiger partial charge on any atom is 0.142 e. The molecule has 1 atom stereocenters. The van der Waals surface area contributed by atoms with Gasteiger partial charge in [0.2, 0.25) is 0 Å². The lowest BCUT2D eigenvalue weighted by Crippen LogP contribution is -2.00. The van der Waals surface area contributed by atoms with E-state index in [0.29, 0.717) is 5.92 Å². The Hall–Kier alpha value is -5.70. The van der Waals surface area contributed by atoms with Crippen LogP contribution in [0.1, 0.15) is 41.2 Å². The summed E-state index contributed by atoms with van der Waals surface area (Å²) in [6.07, 6.45) is 14.5. The van der Waals surface area contributed by atoms with Gasteiger partial charge < -0.3 is 4.42 Å². The molecule has 0 spiro atoms. The van der Waals surface area contributed by atoms with Crippen LogP contribution in [0.25, 0.3) is 76.2 Å². The molecule has 2 aromatic heterocycles. The lowest BCUT2D eigenvalue weighted by Gasteiger charge is -2.19. The van der Waals surface area contributed by atoms with Crippen LogP contribution in [0.15, 0.2) is 162 Å². The Labute approximate surface area is 296 Å². The van der Waals surface area contributed by atoms with Crippen LogP contribution in [0, 0.1) is 0 Å². The van der Waals surface area contributed by atoms with Gasteiger partial charge >= 0.3 is 0 Å². The normalized spacial score (nSPS) is 15.5. The lowest BCUT2D eigenvalue weighted by atomic mass is 9.85. The zero-order chi connectivity index (χ0) is 33.0. The Morgan fingerprint density at radius 2 is 1.26 bits per heavy atom. The van der Waals surface area contributed by atoms with Crippen LogP contribution in [-0.4, -0.2) is 0 Å². The summed E-state index contributed by atoms with van der Waals surface area (Å²) in [6.45, 7) is 0. The number of fused-ring (bicyclic) bond motifs is 6. The van der Waals surface area contributed by atoms with Crippen molar-refractivity contribution < 1.29 is 4.42 Å². The van der Waals surface area contributed by atoms with Crippen molar-refractivity contribution in [2.75, 3.05) is 0 Å². The van der Waals surface area contributed by atoms with Crippen LogP contribution in [0.3, 0.4) is 0 Å². The molecule has 0 bridgehead atoms. The molecule has 0 saturated heterocycles. The zero-order valence-corrected chi connectivity index (χ0v) is 28.4. The predicted molar refractivity (Wildman–Crippen MR) is 214 cm³/mol. The highest BCUT2D eigenvalue weighted by Crippen LogP contribution is 2.42. The summed E-state index contributed by atoms with van der Waals surface area (Å²) in [7, 11) is 0. The number of hydrogen-bond acceptors (Lipinski definition) is 2. The fourth-order valence-electron chi connectivity index (χ4n) is 7.99. The largest absolute Gasteiger partial charge is 0.456 e. The smallest absolute Gasteiger partial charge is 0.142 e. The number of rotatable bonds is 5. The Morgan fingerprint density at radius 1 is 0.560 bits per heavy atom. The monoisotopic (exact) mass is 658 g/mol. The van der Waals surface area contributed by atoms with E-state index in [2.05, 4.69) is 164 Å². The van der Waals surface area contributed by atoms with E-state index in [4.69, 9.17) is 4.42 Å². The molecule has 2 heteroatoms. The predicted octanol–water partition coefficient (Wildman–Crippen LogP) is 13.9. The van der Waals surface area contributed by atoms with E-state index >= 15 is 0 Å². The summed E-state index contributed by atoms with van der Waals surface area (Å²) in [5, 5.41) is 3.92. The minimum absolute atomic E-state index is 0.309. The van der Waals surface area contributed by atoms with Gasteiger partial charge in [0.1, 0.15) is 11.3 Å². The fourth-order valence-corrected chi connectivity index (χ4v) is 9.23. The first-order chi connectivity index (χ1) is 24.8. The molecule has 2 aliphatic rings. The van der Waals surface area contributed by atoms with Gasteiger partial charge in [-0.25, -0.2) is 0 Å². The second-order valence-electron chi connectivity index (χ2n) is 13.5. The summed E-state index contributed by atoms with van der Waals surface area (Å²) >= 11 is 1.89. The first kappa shape index (κ1) is 29.2. The van der Waals surface area contributed by atoms with Crippen LogP contribution in [0.5, 0.6) is 0 Å². The van der Waals surface area contributed by atoms with Crippen molar-refractivity contribution in [1.29, 1.82) is 0 Å². The molecule has 0 fully saturated rings. The SMILES string of the molecule is C1=Cc2oc3c(-c4cccc(-c5cccc(C6C=C(c7cccc(-c8cccc9c8sc8ccccc89)c7)C=CC6)c5)c4)cccc3c2CC1. The van der Waals surface area contributed by atoms with E-state index in [1.165, 1.54) is 75.6 Å². The van der Waals surface area contributed by atoms with Crippen LogP contribution >= 0.6 is 11.3 Å². The topological polar surface area (TPSA) is 13.1 Å². The minimum atomic E-state index is 0.309. The van der Waals surface area contributed by atoms with Gasteiger partial charge in [0.05, 0.1) is 0 Å². The van der Waals surface area contributed by atoms with Crippen molar-refractivity contribution in [3.05, 3.63) is 180 Å². The van der Waals surface area contributed by atoms with Crippen molar-refractivity contribution in [2.24, 2.45) is 0 Å². The van der Waals surface area contributed by atoms with E-state index in [1.807, 2.05) is 11.3 Å². The van der Waals surface area contributed by atoms with Gasteiger partial charge in [-0.3, -0.25) is 0 Å². The molecule has 0 amide bonds. The van der Waals surface area contributed by atoms with Gasteiger partial charge in [0, 0.05) is 42.6 Å². The summed E-state index contributed by atoms with van der Waals surface area (Å²) < 4.78 is 9.13. The van der Waals surface area contributed by atoms with E-state index in [-0.39, 0.29) is 0 Å². The van der Waals surface area contributed by atoms with Crippen LogP contribution in [0.4, 0.5) is 0 Å². The summed E-state index contributed by atoms with van der Waals surface area (Å²) in [4.78, 5) is 0. The van der Waals surface area contributed by atoms with E-state index in [0.717, 1.165) is 36.2 Å². The van der Waals surface area contributed by atoms with Crippen molar-refractivity contribution in [1.82, 2.24) is 0 Å². The molecule has 0 aliphatic heterocycles. The maximum atomic E-state index is 6.43. The Balaban J connectivity index is 0.970. The number of hydrogen-bond donors (Lipinski definition) is 0. The molecule has 1 unspecified atom stereocenters. The first-order valence-corrected chi connectivity index (χ1v) is 18.4. The molecule has 2 aliphatic carbocycles. The highest BCUT2D eigenvalue weighted by molar-refractivity contribution is 7.26. The van der Waals surface area contributed by atoms with E-state index in [1.54, 1.807) is 0 Å². The Kier molecular flexibility index (Phi) is 7.03. The molecule has 0 radical (unpaired) electrons. The summed E-state index contributed by atoms with van der Waals surface area (Å²) in [5.74, 6) is 1.32. The molecule has 2 heterocycles. The third kappa shape index (κ3) is 4.99. The fraction of sp³-hybridized carbons (Fsp3) is 0.0833. The van der Waals surface area contributed by atoms with Gasteiger partial charge in [-0.05, 0) is 88.1 Å². The third-order valence-electron chi connectivity index (χ3n) is 10.5. The van der Waals surface area contributed by atoms with Crippen LogP contribution in [-0.2, 0) is 6.42 Å². The maximum absolute atomic E-state index is 6.43. The van der Waals surface area contributed by atoms with Crippen molar-refractivity contribution in [2.45, 2.75) is 25.2 Å². The van der Waals surface area contributed by atoms with Gasteiger partial charge in [-0.15, -0.1) is 11.3 Å². The van der Waals surface area contributed by atoms with Gasteiger partial charge in [0.25, 0.3) is 0 Å². The van der Waals surface area contributed by atoms with Gasteiger partial charge in [-0.2, -0.15) is 0 Å². The molecular formula is C48H34OS. The number of allylic oxidation sites excluding steroid dienone is 5. The minimum Gasteiger partial charge on any atom is -0.456 e. The average Bonchev–Trinajstić information content (AvgIpc) is 3.77. The first-order valence-electron chi connectivity index (χ1n) is 17.6. The zero-order valence-electron chi connectivity index (χ0n) is 27.6. The van der Waals surface area contributed by atoms with E-state index < -0.39 is 0 Å². The summed E-state index contributed by atoms with van der Waals surface area (Å²) in [6, 6.07) is 49.1. The number of furan rings is 1. The highest BCUT2D eigenvalue weighted by Gasteiger charge is 2.19. The molecule has 1 nitrogen and oxygen atoms in total. The lowest BCUT2D eigenvalue weighted by molar-refractivity contribution is 0.596. The standard InChI is InChI=1S/C48H34OS/c1-3-25-45-41(19-1)43-23-9-21-39(47(43)49-45)37-17-7-15-35(29-37)33-13-5-11-31(27-33)32-12-6-14-34(28-32)36-16-8-18-38(30-36)40-22-10-24-44-42-20-2-4-26-46(42)50-48(40)44/h2-11,13-18,20-30,32H,1,12,19H2. The second kappa shape index (κ2) is 12.0. The number of thiophene rings is 1. The highest BCUT2D eigenvalue weighted by atomic mass is 32.1. The van der Waals surface area contributed by atoms with Crippen LogP contribution < -0.4 is 0 Å². The quantitative estimate of drug-likeness (QED) is 0.179. The van der Waals surface area contributed by atoms with Gasteiger partial charge in [-0.1, -0.05) is 140 Å². The molecule has 8 aromatic rings. The van der Waals surface area contributed by atoms with Crippen molar-refractivity contribution in [3.63, 3.8) is 0 Å². The number of benzene rings is 6. The van der Waals surface area contributed by atoms with E-state index in [9.17, 15) is 0 Å². The molecule has 0 N–H and O–H groups in total. The van der Waals surface area contributed by atoms with Gasteiger partial charge in [0.15, 0.2) is 0 Å². The molecule has 50 heavy (non-hydrogen) atoms. The van der Waals surface area contributed by atoms with Crippen LogP contribution in [0.2, 0.25) is 0 Å². The van der Waals surface area contributed by atoms with Crippen molar-refractivity contribution in [3.8, 4) is 33.4 Å². The van der Waals surface area contributed by atoms with Crippen molar-refractivity contribution >= 4 is 54.1 Å². The molecule has 10 rings (SSSR count). The number of aryl methyl sites for hydroxylation is 1. The summed E-state index contributed by atoms with van der Waals surface area (Å²) in [5.41, 5.74) is 13.6. The Bertz CT molecular complexity index is 2690. The molecule has 6 aromatic carbocycles.